The molecule has 0 aromatic carbocycles. The summed E-state index contributed by atoms with van der Waals surface area (Å²) in [5, 5.41) is 7.00. The monoisotopic (exact) mass is 185 g/mol. The fourth-order valence-corrected chi connectivity index (χ4v) is 1.01. The molecule has 4 heteroatoms. The third-order valence-corrected chi connectivity index (χ3v) is 1.67. The molecule has 0 radical (unpaired) electrons. The van der Waals surface area contributed by atoms with E-state index in [2.05, 4.69) is 4.98 Å². The molecule has 1 aromatic rings. The molecule has 3 nitrogen and oxygen atoms in total. The molecule has 0 spiro atoms. The topological polar surface area (TPSA) is 53.1 Å². The maximum Gasteiger partial charge on any atom is 0.153 e. The SMILES string of the molecule is CO.Cc1cc[nH]c(=S)c1C=O. The molecule has 66 valence electrons. The van der Waals surface area contributed by atoms with E-state index < -0.39 is 0 Å². The molecule has 0 saturated heterocycles. The van der Waals surface area contributed by atoms with Crippen molar-refractivity contribution in [2.75, 3.05) is 7.11 Å². The standard InChI is InChI=1S/C7H7NOS.CH4O/c1-5-2-3-8-7(10)6(5)4-9;1-2/h2-4H,1H3,(H,8,10);2H,1H3. The van der Waals surface area contributed by atoms with E-state index in [1.807, 2.05) is 13.0 Å². The second kappa shape index (κ2) is 5.62. The van der Waals surface area contributed by atoms with Crippen LogP contribution in [0, 0.1) is 11.6 Å². The molecule has 0 amide bonds. The first kappa shape index (κ1) is 11.0. The fraction of sp³-hybridized carbons (Fsp3) is 0.250. The van der Waals surface area contributed by atoms with Crippen molar-refractivity contribution in [1.82, 2.24) is 4.98 Å². The number of aldehydes is 1. The van der Waals surface area contributed by atoms with Gasteiger partial charge in [-0.1, -0.05) is 12.2 Å². The van der Waals surface area contributed by atoms with Crippen LogP contribution < -0.4 is 0 Å². The Kier molecular flexibility index (Phi) is 5.16. The first-order valence-corrected chi connectivity index (χ1v) is 3.74. The van der Waals surface area contributed by atoms with E-state index in [9.17, 15) is 4.79 Å². The summed E-state index contributed by atoms with van der Waals surface area (Å²) in [5.74, 6) is 0. The third kappa shape index (κ3) is 2.56. The van der Waals surface area contributed by atoms with Crippen LogP contribution in [0.1, 0.15) is 15.9 Å². The molecule has 0 unspecified atom stereocenters. The van der Waals surface area contributed by atoms with Gasteiger partial charge in [-0.3, -0.25) is 4.79 Å². The van der Waals surface area contributed by atoms with Crippen LogP contribution in [0.5, 0.6) is 0 Å². The van der Waals surface area contributed by atoms with Gasteiger partial charge in [0.25, 0.3) is 0 Å². The van der Waals surface area contributed by atoms with Crippen molar-refractivity contribution in [3.05, 3.63) is 28.0 Å². The lowest BCUT2D eigenvalue weighted by Gasteiger charge is -1.94. The number of rotatable bonds is 1. The average Bonchev–Trinajstić information content (AvgIpc) is 2.08. The smallest absolute Gasteiger partial charge is 0.153 e. The van der Waals surface area contributed by atoms with Crippen molar-refractivity contribution in [2.45, 2.75) is 6.92 Å². The highest BCUT2D eigenvalue weighted by Crippen LogP contribution is 2.02. The van der Waals surface area contributed by atoms with Crippen molar-refractivity contribution in [3.8, 4) is 0 Å². The molecule has 0 bridgehead atoms. The summed E-state index contributed by atoms with van der Waals surface area (Å²) in [7, 11) is 1.00. The molecule has 0 fully saturated rings. The highest BCUT2D eigenvalue weighted by atomic mass is 32.1. The molecule has 0 aliphatic rings. The van der Waals surface area contributed by atoms with Gasteiger partial charge in [0.15, 0.2) is 6.29 Å². The fourth-order valence-electron chi connectivity index (χ4n) is 0.735. The average molecular weight is 185 g/mol. The minimum atomic E-state index is 0.509. The molecule has 1 heterocycles. The summed E-state index contributed by atoms with van der Waals surface area (Å²) in [6.07, 6.45) is 2.50. The van der Waals surface area contributed by atoms with E-state index in [1.165, 1.54) is 0 Å². The van der Waals surface area contributed by atoms with E-state index in [1.54, 1.807) is 6.20 Å². The van der Waals surface area contributed by atoms with Gasteiger partial charge in [-0.05, 0) is 18.6 Å². The second-order valence-corrected chi connectivity index (χ2v) is 2.43. The molecule has 0 aliphatic carbocycles. The van der Waals surface area contributed by atoms with Gasteiger partial charge in [-0.2, -0.15) is 0 Å². The Balaban J connectivity index is 0.000000561. The summed E-state index contributed by atoms with van der Waals surface area (Å²) in [6, 6.07) is 1.82. The maximum absolute atomic E-state index is 10.4. The zero-order chi connectivity index (χ0) is 9.56. The number of aliphatic hydroxyl groups is 1. The predicted molar refractivity (Wildman–Crippen MR) is 49.9 cm³/mol. The van der Waals surface area contributed by atoms with Crippen molar-refractivity contribution in [1.29, 1.82) is 0 Å². The number of aryl methyl sites for hydroxylation is 1. The van der Waals surface area contributed by atoms with Gasteiger partial charge in [0.05, 0.1) is 5.56 Å². The number of H-pyrrole nitrogens is 1. The Morgan fingerprint density at radius 3 is 2.50 bits per heavy atom. The lowest BCUT2D eigenvalue weighted by atomic mass is 10.2. The maximum atomic E-state index is 10.4. The molecule has 2 N–H and O–H groups in total. The van der Waals surface area contributed by atoms with Crippen LogP contribution in [-0.2, 0) is 0 Å². The summed E-state index contributed by atoms with van der Waals surface area (Å²) < 4.78 is 0.509. The molecule has 0 saturated carbocycles. The van der Waals surface area contributed by atoms with Gasteiger partial charge in [0.2, 0.25) is 0 Å². The Morgan fingerprint density at radius 1 is 1.58 bits per heavy atom. The number of hydrogen-bond acceptors (Lipinski definition) is 3. The Hall–Kier alpha value is -1.00. The van der Waals surface area contributed by atoms with Gasteiger partial charge >= 0.3 is 0 Å². The number of aromatic nitrogens is 1. The van der Waals surface area contributed by atoms with Crippen LogP contribution in [-0.4, -0.2) is 23.5 Å². The second-order valence-electron chi connectivity index (χ2n) is 2.02. The molecule has 1 rings (SSSR count). The Labute approximate surface area is 76.1 Å². The van der Waals surface area contributed by atoms with Gasteiger partial charge < -0.3 is 10.1 Å². The summed E-state index contributed by atoms with van der Waals surface area (Å²) >= 11 is 4.85. The van der Waals surface area contributed by atoms with Crippen LogP contribution >= 0.6 is 12.2 Å². The van der Waals surface area contributed by atoms with Crippen LogP contribution in [0.3, 0.4) is 0 Å². The van der Waals surface area contributed by atoms with Crippen molar-refractivity contribution in [3.63, 3.8) is 0 Å². The first-order valence-electron chi connectivity index (χ1n) is 3.34. The van der Waals surface area contributed by atoms with Crippen LogP contribution in [0.2, 0.25) is 0 Å². The number of hydrogen-bond donors (Lipinski definition) is 2. The zero-order valence-electron chi connectivity index (χ0n) is 7.00. The highest BCUT2D eigenvalue weighted by Gasteiger charge is 1.95. The quantitative estimate of drug-likeness (QED) is 0.514. The number of carbonyl (C=O) groups is 1. The number of pyridine rings is 1. The predicted octanol–water partition coefficient (Wildman–Crippen LogP) is 1.47. The van der Waals surface area contributed by atoms with Gasteiger partial charge in [-0.25, -0.2) is 0 Å². The van der Waals surface area contributed by atoms with Gasteiger partial charge in [0, 0.05) is 13.3 Å². The number of carbonyl (C=O) groups excluding carboxylic acids is 1. The Bertz CT molecular complexity index is 306. The van der Waals surface area contributed by atoms with Gasteiger partial charge in [0.1, 0.15) is 4.64 Å². The molecule has 0 atom stereocenters. The summed E-state index contributed by atoms with van der Waals surface area (Å²) in [5.41, 5.74) is 1.50. The third-order valence-electron chi connectivity index (χ3n) is 1.34. The molecule has 1 aromatic heterocycles. The van der Waals surface area contributed by atoms with Crippen LogP contribution in [0.25, 0.3) is 0 Å². The van der Waals surface area contributed by atoms with E-state index >= 15 is 0 Å². The number of nitrogens with one attached hydrogen (secondary N) is 1. The number of aliphatic hydroxyl groups excluding tert-OH is 1. The normalized spacial score (nSPS) is 8.25. The van der Waals surface area contributed by atoms with E-state index in [4.69, 9.17) is 17.3 Å². The van der Waals surface area contributed by atoms with E-state index in [-0.39, 0.29) is 0 Å². The van der Waals surface area contributed by atoms with E-state index in [0.29, 0.717) is 10.2 Å². The highest BCUT2D eigenvalue weighted by molar-refractivity contribution is 7.71. The van der Waals surface area contributed by atoms with Crippen molar-refractivity contribution >= 4 is 18.5 Å². The first-order chi connectivity index (χ1) is 5.75. The minimum Gasteiger partial charge on any atom is -0.400 e. The molecule has 12 heavy (non-hydrogen) atoms. The largest absolute Gasteiger partial charge is 0.400 e. The van der Waals surface area contributed by atoms with Crippen molar-refractivity contribution < 1.29 is 9.90 Å². The Morgan fingerprint density at radius 2 is 2.17 bits per heavy atom. The van der Waals surface area contributed by atoms with Crippen LogP contribution in [0.15, 0.2) is 12.3 Å². The lowest BCUT2D eigenvalue weighted by Crippen LogP contribution is -1.88. The molecule has 0 aliphatic heterocycles. The lowest BCUT2D eigenvalue weighted by molar-refractivity contribution is 0.112. The minimum absolute atomic E-state index is 0.509. The van der Waals surface area contributed by atoms with Gasteiger partial charge in [-0.15, -0.1) is 0 Å². The molecular weight excluding hydrogens is 174 g/mol. The summed E-state index contributed by atoms with van der Waals surface area (Å²) in [6.45, 7) is 1.85. The zero-order valence-corrected chi connectivity index (χ0v) is 7.81. The van der Waals surface area contributed by atoms with Crippen LogP contribution in [0.4, 0.5) is 0 Å². The van der Waals surface area contributed by atoms with E-state index in [0.717, 1.165) is 19.0 Å². The van der Waals surface area contributed by atoms with Crippen molar-refractivity contribution in [2.24, 2.45) is 0 Å². The molecular formula is C8H11NO2S. The number of aromatic amines is 1. The summed E-state index contributed by atoms with van der Waals surface area (Å²) in [4.78, 5) is 13.1.